The monoisotopic (exact) mass is 264 g/mol. The Labute approximate surface area is 115 Å². The van der Waals surface area contributed by atoms with E-state index < -0.39 is 0 Å². The minimum Gasteiger partial charge on any atom is -0.330 e. The molecule has 1 aromatic carbocycles. The summed E-state index contributed by atoms with van der Waals surface area (Å²) in [6, 6.07) is 5.84. The zero-order valence-electron chi connectivity index (χ0n) is 12.0. The van der Waals surface area contributed by atoms with Crippen LogP contribution in [0.2, 0.25) is 0 Å². The molecule has 0 heterocycles. The van der Waals surface area contributed by atoms with E-state index in [0.717, 1.165) is 17.7 Å². The second kappa shape index (κ2) is 6.49. The molecule has 0 radical (unpaired) electrons. The minimum atomic E-state index is -0.0995. The van der Waals surface area contributed by atoms with Gasteiger partial charge in [-0.3, -0.25) is 4.90 Å². The van der Waals surface area contributed by atoms with Crippen LogP contribution in [0.15, 0.2) is 18.2 Å². The maximum Gasteiger partial charge on any atom is 0.127 e. The third-order valence-corrected chi connectivity index (χ3v) is 4.36. The van der Waals surface area contributed by atoms with Crippen LogP contribution in [-0.2, 0) is 6.54 Å². The molecule has 0 amide bonds. The molecule has 19 heavy (non-hydrogen) atoms. The summed E-state index contributed by atoms with van der Waals surface area (Å²) < 4.78 is 13.8. The fourth-order valence-corrected chi connectivity index (χ4v) is 3.25. The van der Waals surface area contributed by atoms with Crippen LogP contribution >= 0.6 is 0 Å². The summed E-state index contributed by atoms with van der Waals surface area (Å²) in [5.41, 5.74) is 7.79. The minimum absolute atomic E-state index is 0.0995. The zero-order valence-corrected chi connectivity index (χ0v) is 12.0. The van der Waals surface area contributed by atoms with Crippen molar-refractivity contribution in [2.45, 2.75) is 45.2 Å². The molecule has 2 atom stereocenters. The average Bonchev–Trinajstić information content (AvgIpc) is 2.42. The number of nitrogens with two attached hydrogens (primary N) is 1. The van der Waals surface area contributed by atoms with E-state index in [9.17, 15) is 4.39 Å². The number of aryl methyl sites for hydroxylation is 1. The molecular weight excluding hydrogens is 239 g/mol. The van der Waals surface area contributed by atoms with Gasteiger partial charge < -0.3 is 5.73 Å². The van der Waals surface area contributed by atoms with Gasteiger partial charge in [0.05, 0.1) is 0 Å². The predicted octanol–water partition coefficient (Wildman–Crippen LogP) is 3.08. The van der Waals surface area contributed by atoms with Crippen molar-refractivity contribution in [2.75, 3.05) is 13.6 Å². The van der Waals surface area contributed by atoms with E-state index >= 15 is 0 Å². The van der Waals surface area contributed by atoms with Crippen LogP contribution in [0, 0.1) is 18.7 Å². The Kier molecular flexibility index (Phi) is 4.94. The molecular formula is C16H25FN2. The van der Waals surface area contributed by atoms with Gasteiger partial charge in [0.1, 0.15) is 5.82 Å². The summed E-state index contributed by atoms with van der Waals surface area (Å²) >= 11 is 0. The molecule has 3 heteroatoms. The van der Waals surface area contributed by atoms with E-state index in [1.807, 2.05) is 19.1 Å². The van der Waals surface area contributed by atoms with Crippen molar-refractivity contribution in [2.24, 2.45) is 11.7 Å². The number of hydrogen-bond donors (Lipinski definition) is 1. The number of hydrogen-bond acceptors (Lipinski definition) is 2. The van der Waals surface area contributed by atoms with Gasteiger partial charge >= 0.3 is 0 Å². The van der Waals surface area contributed by atoms with E-state index in [1.165, 1.54) is 25.7 Å². The van der Waals surface area contributed by atoms with Gasteiger partial charge in [-0.1, -0.05) is 30.5 Å². The van der Waals surface area contributed by atoms with Crippen molar-refractivity contribution in [3.8, 4) is 0 Å². The topological polar surface area (TPSA) is 29.3 Å². The first-order valence-corrected chi connectivity index (χ1v) is 7.27. The normalized spacial score (nSPS) is 23.8. The van der Waals surface area contributed by atoms with Crippen molar-refractivity contribution in [3.63, 3.8) is 0 Å². The van der Waals surface area contributed by atoms with Gasteiger partial charge in [0.15, 0.2) is 0 Å². The molecule has 0 bridgehead atoms. The first-order valence-electron chi connectivity index (χ1n) is 7.27. The standard InChI is InChI=1S/C16H25FN2/c1-12-7-8-15(17)14(9-12)11-19(2)16-6-4-3-5-13(16)10-18/h7-9,13,16H,3-6,10-11,18H2,1-2H3. The summed E-state index contributed by atoms with van der Waals surface area (Å²) in [7, 11) is 2.10. The molecule has 2 N–H and O–H groups in total. The van der Waals surface area contributed by atoms with Crippen LogP contribution in [0.3, 0.4) is 0 Å². The second-order valence-electron chi connectivity index (χ2n) is 5.86. The highest BCUT2D eigenvalue weighted by atomic mass is 19.1. The van der Waals surface area contributed by atoms with Gasteiger partial charge in [-0.05, 0) is 45.3 Å². The van der Waals surface area contributed by atoms with E-state index in [2.05, 4.69) is 11.9 Å². The molecule has 1 aliphatic rings. The fourth-order valence-electron chi connectivity index (χ4n) is 3.25. The van der Waals surface area contributed by atoms with Gasteiger partial charge in [0, 0.05) is 18.2 Å². The first-order chi connectivity index (χ1) is 9.11. The first kappa shape index (κ1) is 14.5. The quantitative estimate of drug-likeness (QED) is 0.905. The molecule has 0 aliphatic heterocycles. The van der Waals surface area contributed by atoms with Crippen LogP contribution in [0.25, 0.3) is 0 Å². The Morgan fingerprint density at radius 2 is 2.05 bits per heavy atom. The molecule has 1 aromatic rings. The van der Waals surface area contributed by atoms with E-state index in [1.54, 1.807) is 6.07 Å². The average molecular weight is 264 g/mol. The van der Waals surface area contributed by atoms with Crippen LogP contribution in [-0.4, -0.2) is 24.5 Å². The smallest absolute Gasteiger partial charge is 0.127 e. The molecule has 0 saturated heterocycles. The lowest BCUT2D eigenvalue weighted by Gasteiger charge is -2.37. The summed E-state index contributed by atoms with van der Waals surface area (Å²) in [5, 5.41) is 0. The number of halogens is 1. The molecule has 1 saturated carbocycles. The van der Waals surface area contributed by atoms with E-state index in [-0.39, 0.29) is 5.82 Å². The van der Waals surface area contributed by atoms with Crippen molar-refractivity contribution >= 4 is 0 Å². The van der Waals surface area contributed by atoms with Gasteiger partial charge in [0.25, 0.3) is 0 Å². The Morgan fingerprint density at radius 3 is 2.79 bits per heavy atom. The summed E-state index contributed by atoms with van der Waals surface area (Å²) in [5.74, 6) is 0.462. The van der Waals surface area contributed by atoms with Gasteiger partial charge in [-0.15, -0.1) is 0 Å². The maximum atomic E-state index is 13.8. The third kappa shape index (κ3) is 3.54. The summed E-state index contributed by atoms with van der Waals surface area (Å²) in [6.07, 6.45) is 4.94. The summed E-state index contributed by atoms with van der Waals surface area (Å²) in [6.45, 7) is 3.42. The van der Waals surface area contributed by atoms with E-state index in [0.29, 0.717) is 18.5 Å². The van der Waals surface area contributed by atoms with Crippen LogP contribution in [0.5, 0.6) is 0 Å². The zero-order chi connectivity index (χ0) is 13.8. The fraction of sp³-hybridized carbons (Fsp3) is 0.625. The SMILES string of the molecule is Cc1ccc(F)c(CN(C)C2CCCCC2CN)c1. The van der Waals surface area contributed by atoms with Crippen molar-refractivity contribution in [1.82, 2.24) is 4.90 Å². The molecule has 2 unspecified atom stereocenters. The molecule has 1 aliphatic carbocycles. The highest BCUT2D eigenvalue weighted by molar-refractivity contribution is 5.24. The van der Waals surface area contributed by atoms with Gasteiger partial charge in [-0.25, -0.2) is 4.39 Å². The lowest BCUT2D eigenvalue weighted by Crippen LogP contribution is -2.42. The van der Waals surface area contributed by atoms with Gasteiger partial charge in [0.2, 0.25) is 0 Å². The Hall–Kier alpha value is -0.930. The van der Waals surface area contributed by atoms with Crippen molar-refractivity contribution < 1.29 is 4.39 Å². The van der Waals surface area contributed by atoms with Crippen LogP contribution in [0.4, 0.5) is 4.39 Å². The number of nitrogens with zero attached hydrogens (tertiary/aromatic N) is 1. The summed E-state index contributed by atoms with van der Waals surface area (Å²) in [4.78, 5) is 2.29. The Balaban J connectivity index is 2.06. The highest BCUT2D eigenvalue weighted by Gasteiger charge is 2.27. The van der Waals surface area contributed by atoms with Gasteiger partial charge in [-0.2, -0.15) is 0 Å². The second-order valence-corrected chi connectivity index (χ2v) is 5.86. The van der Waals surface area contributed by atoms with E-state index in [4.69, 9.17) is 5.73 Å². The predicted molar refractivity (Wildman–Crippen MR) is 77.4 cm³/mol. The van der Waals surface area contributed by atoms with Crippen molar-refractivity contribution in [1.29, 1.82) is 0 Å². The highest BCUT2D eigenvalue weighted by Crippen LogP contribution is 2.28. The molecule has 106 valence electrons. The lowest BCUT2D eigenvalue weighted by atomic mass is 9.83. The maximum absolute atomic E-state index is 13.8. The number of rotatable bonds is 4. The van der Waals surface area contributed by atoms with Crippen LogP contribution < -0.4 is 5.73 Å². The lowest BCUT2D eigenvalue weighted by molar-refractivity contribution is 0.126. The number of benzene rings is 1. The molecule has 2 rings (SSSR count). The molecule has 0 aromatic heterocycles. The van der Waals surface area contributed by atoms with Crippen molar-refractivity contribution in [3.05, 3.63) is 35.1 Å². The molecule has 2 nitrogen and oxygen atoms in total. The van der Waals surface area contributed by atoms with Crippen LogP contribution in [0.1, 0.15) is 36.8 Å². The Bertz CT molecular complexity index is 419. The molecule has 0 spiro atoms. The largest absolute Gasteiger partial charge is 0.330 e. The Morgan fingerprint density at radius 1 is 1.32 bits per heavy atom. The third-order valence-electron chi connectivity index (χ3n) is 4.36. The molecule has 1 fully saturated rings.